The molecule has 3 aliphatic heterocycles. The normalized spacial score (nSPS) is 27.1. The number of imidazole rings is 3. The number of hydrogen-bond donors (Lipinski definition) is 12. The summed E-state index contributed by atoms with van der Waals surface area (Å²) in [4.78, 5) is 128. The van der Waals surface area contributed by atoms with Gasteiger partial charge < -0.3 is 119 Å². The minimum Gasteiger partial charge on any atom is -0.790 e. The van der Waals surface area contributed by atoms with Gasteiger partial charge in [0.15, 0.2) is 52.2 Å². The van der Waals surface area contributed by atoms with E-state index in [-0.39, 0.29) is 129 Å². The first-order chi connectivity index (χ1) is 33.5. The minimum absolute atomic E-state index is 0. The predicted octanol–water partition coefficient (Wildman–Crippen LogP) is -11.5. The summed E-state index contributed by atoms with van der Waals surface area (Å²) in [7, 11) is -15.8. The number of aliphatic hydroxyl groups is 6. The molecule has 408 valence electrons. The molecule has 0 bridgehead atoms. The summed E-state index contributed by atoms with van der Waals surface area (Å²) in [6.45, 7) is -2.33. The Bertz CT molecular complexity index is 2930. The molecule has 9 rings (SSSR count). The van der Waals surface area contributed by atoms with E-state index in [0.717, 1.165) is 32.7 Å². The third-order valence-corrected chi connectivity index (χ3v) is 11.8. The summed E-state index contributed by atoms with van der Waals surface area (Å²) in [5.74, 6) is -0.581. The van der Waals surface area contributed by atoms with Crippen LogP contribution in [0.5, 0.6) is 0 Å². The number of phosphoric acid groups is 3. The van der Waals surface area contributed by atoms with Crippen LogP contribution in [-0.2, 0) is 41.5 Å². The zero-order valence-corrected chi connectivity index (χ0v) is 43.0. The van der Waals surface area contributed by atoms with E-state index in [9.17, 15) is 88.1 Å². The zero-order valence-electron chi connectivity index (χ0n) is 36.1. The number of anilines is 3. The Kier molecular flexibility index (Phi) is 20.3. The molecule has 0 aliphatic carbocycles. The van der Waals surface area contributed by atoms with Crippen molar-refractivity contribution in [2.75, 3.05) is 37.0 Å². The van der Waals surface area contributed by atoms with Gasteiger partial charge in [-0.05, 0) is 0 Å². The summed E-state index contributed by atoms with van der Waals surface area (Å²) in [6.07, 6.45) is -13.4. The van der Waals surface area contributed by atoms with Gasteiger partial charge in [-0.25, -0.2) is 15.0 Å². The van der Waals surface area contributed by atoms with Gasteiger partial charge in [0.05, 0.1) is 62.3 Å². The summed E-state index contributed by atoms with van der Waals surface area (Å²) >= 11 is 0. The number of phosphoric ester groups is 3. The number of aromatic nitrogens is 12. The molecule has 0 spiro atoms. The Morgan fingerprint density at radius 1 is 0.486 bits per heavy atom. The number of fused-ring (bicyclic) bond motifs is 3. The van der Waals surface area contributed by atoms with Gasteiger partial charge in [-0.1, -0.05) is 0 Å². The molecule has 6 aromatic rings. The van der Waals surface area contributed by atoms with Crippen molar-refractivity contribution in [2.24, 2.45) is 0 Å². The van der Waals surface area contributed by atoms with Gasteiger partial charge in [0.2, 0.25) is 17.8 Å². The third kappa shape index (κ3) is 14.2. The quantitative estimate of drug-likeness (QED) is 0.0506. The molecule has 3 fully saturated rings. The fourth-order valence-corrected chi connectivity index (χ4v) is 8.16. The van der Waals surface area contributed by atoms with E-state index in [0.29, 0.717) is 0 Å². The van der Waals surface area contributed by atoms with E-state index in [2.05, 4.69) is 58.4 Å². The van der Waals surface area contributed by atoms with Crippen molar-refractivity contribution in [2.45, 2.75) is 73.6 Å². The number of nitrogen functional groups attached to an aromatic ring is 3. The van der Waals surface area contributed by atoms with Crippen molar-refractivity contribution < 1.29 is 179 Å². The largest absolute Gasteiger partial charge is 3.00 e. The fraction of sp³-hybridized carbons (Fsp3) is 0.500. The van der Waals surface area contributed by atoms with Crippen LogP contribution < -0.4 is 63.2 Å². The molecule has 39 nitrogen and oxygen atoms in total. The summed E-state index contributed by atoms with van der Waals surface area (Å²) in [6, 6.07) is 0. The summed E-state index contributed by atoms with van der Waals surface area (Å²) in [5.41, 5.74) is 14.3. The van der Waals surface area contributed by atoms with E-state index in [1.54, 1.807) is 0 Å². The molecule has 3 aliphatic rings. The first-order valence-electron chi connectivity index (χ1n) is 19.7. The standard InChI is InChI=1S/3C10H14N5O8P.2Tb/c3*11-10-13-7-4(8(18)14-10)12-2-15(7)9-6(17)5(16)3(23-9)1-22-24(19,20)21;;/h3*2-3,5-6,9,16-17H,1H2,(H2,19,20,21)(H3,11,13,14,18);;/q;;;2*+3/p-6/t3*3-,5-,6-,9-;;/m111../s1. The number of nitrogens with one attached hydrogen (secondary N) is 3. The molecule has 0 aromatic carbocycles. The number of hydrogen-bond acceptors (Lipinski definition) is 33. The molecule has 6 aromatic heterocycles. The Morgan fingerprint density at radius 2 is 0.716 bits per heavy atom. The number of ether oxygens (including phenoxy) is 3. The molecule has 15 N–H and O–H groups in total. The van der Waals surface area contributed by atoms with E-state index in [1.165, 1.54) is 0 Å². The van der Waals surface area contributed by atoms with Crippen LogP contribution in [0.4, 0.5) is 17.8 Å². The first kappa shape index (κ1) is 61.8. The molecule has 74 heavy (non-hydrogen) atoms. The second kappa shape index (κ2) is 24.3. The molecule has 12 atom stereocenters. The van der Waals surface area contributed by atoms with Crippen LogP contribution >= 0.6 is 23.5 Å². The monoisotopic (exact) mass is 1400 g/mol. The van der Waals surface area contributed by atoms with E-state index in [1.807, 2.05) is 0 Å². The topological polar surface area (TPSA) is 635 Å². The van der Waals surface area contributed by atoms with Gasteiger partial charge in [0.25, 0.3) is 16.7 Å². The average molecular weight is 1400 g/mol. The summed E-state index contributed by atoms with van der Waals surface area (Å²) < 4.78 is 63.1. The van der Waals surface area contributed by atoms with Crippen molar-refractivity contribution >= 4 is 74.8 Å². The van der Waals surface area contributed by atoms with Crippen molar-refractivity contribution in [3.05, 3.63) is 50.0 Å². The van der Waals surface area contributed by atoms with Crippen LogP contribution in [0.2, 0.25) is 0 Å². The average Bonchev–Trinajstić information content (AvgIpc) is 4.13. The summed E-state index contributed by atoms with van der Waals surface area (Å²) in [5, 5.41) is 60.0. The zero-order chi connectivity index (χ0) is 52.9. The third-order valence-electron chi connectivity index (χ3n) is 10.4. The molecule has 0 radical (unpaired) electrons. The second-order valence-corrected chi connectivity index (χ2v) is 18.7. The molecule has 3 saturated heterocycles. The van der Waals surface area contributed by atoms with Crippen LogP contribution in [0, 0.1) is 77.2 Å². The van der Waals surface area contributed by atoms with Crippen molar-refractivity contribution in [3.63, 3.8) is 0 Å². The molecule has 0 unspecified atom stereocenters. The number of rotatable bonds is 12. The number of H-pyrrole nitrogens is 3. The van der Waals surface area contributed by atoms with Crippen LogP contribution in [0.25, 0.3) is 33.5 Å². The second-order valence-electron chi connectivity index (χ2n) is 15.2. The van der Waals surface area contributed by atoms with Crippen molar-refractivity contribution in [1.82, 2.24) is 58.6 Å². The first-order valence-corrected chi connectivity index (χ1v) is 24.1. The predicted molar refractivity (Wildman–Crippen MR) is 216 cm³/mol. The molecule has 9 heterocycles. The Morgan fingerprint density at radius 3 is 0.932 bits per heavy atom. The Labute approximate surface area is 469 Å². The molecule has 44 heteroatoms. The molecular weight excluding hydrogens is 1370 g/mol. The van der Waals surface area contributed by atoms with Gasteiger partial charge >= 0.3 is 77.2 Å². The number of aliphatic hydroxyl groups excluding tert-OH is 6. The van der Waals surface area contributed by atoms with Gasteiger partial charge in [-0.2, -0.15) is 15.0 Å². The van der Waals surface area contributed by atoms with Crippen LogP contribution in [0.3, 0.4) is 0 Å². The van der Waals surface area contributed by atoms with Crippen LogP contribution in [0.1, 0.15) is 18.7 Å². The maximum absolute atomic E-state index is 11.7. The Balaban J connectivity index is 0.000000203. The maximum Gasteiger partial charge on any atom is 3.00 e. The number of nitrogens with zero attached hydrogens (tertiary/aromatic N) is 9. The Hall–Kier alpha value is -3.01. The van der Waals surface area contributed by atoms with Gasteiger partial charge in [0.1, 0.15) is 54.9 Å². The van der Waals surface area contributed by atoms with Crippen molar-refractivity contribution in [3.8, 4) is 0 Å². The SMILES string of the molecule is Nc1nc2c(ncn2[C@@H]2O[C@H](COP(=O)([O-])[O-])[C@@H](O)[C@H]2O)c(=O)[nH]1.Nc1nc2c(ncn2[C@@H]2O[C@H](COP(=O)([O-])[O-])[C@@H](O)[C@H]2O)c(=O)[nH]1.Nc1nc2c(ncn2[C@@H]2O[C@H](COP(=O)([O-])[O-])[C@@H](O)[C@H]2O)c(=O)[nH]1.[Tb+3].[Tb+3]. The number of nitrogens with two attached hydrogens (primary N) is 3. The van der Waals surface area contributed by atoms with E-state index < -0.39 is 134 Å². The van der Waals surface area contributed by atoms with E-state index >= 15 is 0 Å². The fourth-order valence-electron chi connectivity index (χ4n) is 7.17. The molecule has 0 amide bonds. The van der Waals surface area contributed by atoms with Crippen LogP contribution in [0.15, 0.2) is 33.4 Å². The number of aromatic amines is 3. The van der Waals surface area contributed by atoms with Gasteiger partial charge in [0, 0.05) is 0 Å². The van der Waals surface area contributed by atoms with Crippen LogP contribution in [-0.4, -0.2) is 164 Å². The molecular formula is C30H36N15O24P3Tb2. The van der Waals surface area contributed by atoms with Gasteiger partial charge in [-0.3, -0.25) is 43.0 Å². The smallest absolute Gasteiger partial charge is 0.790 e. The van der Waals surface area contributed by atoms with Gasteiger partial charge in [-0.15, -0.1) is 0 Å². The maximum atomic E-state index is 11.7. The van der Waals surface area contributed by atoms with E-state index in [4.69, 9.17) is 31.4 Å². The van der Waals surface area contributed by atoms with Crippen molar-refractivity contribution in [1.29, 1.82) is 0 Å². The minimum atomic E-state index is -5.26. The molecule has 0 saturated carbocycles.